The maximum atomic E-state index is 10.9. The number of hydrogen-bond donors (Lipinski definition) is 1. The normalized spacial score (nSPS) is 10.4. The van der Waals surface area contributed by atoms with Crippen LogP contribution in [0.1, 0.15) is 15.9 Å². The lowest BCUT2D eigenvalue weighted by Crippen LogP contribution is -1.99. The second-order valence-electron chi connectivity index (χ2n) is 3.17. The van der Waals surface area contributed by atoms with E-state index in [1.54, 1.807) is 6.20 Å². The molecule has 0 fully saturated rings. The van der Waals surface area contributed by atoms with Gasteiger partial charge in [-0.1, -0.05) is 18.2 Å². The molecule has 1 N–H and O–H groups in total. The zero-order valence-electron chi connectivity index (χ0n) is 7.69. The first-order valence-electron chi connectivity index (χ1n) is 4.27. The fourth-order valence-corrected chi connectivity index (χ4v) is 1.58. The summed E-state index contributed by atoms with van der Waals surface area (Å²) < 4.78 is 0. The monoisotopic (exact) mass is 187 g/mol. The number of carboxylic acids is 1. The van der Waals surface area contributed by atoms with Gasteiger partial charge in [0.2, 0.25) is 0 Å². The second kappa shape index (κ2) is 3.10. The lowest BCUT2D eigenvalue weighted by molar-refractivity contribution is 0.0698. The first-order valence-corrected chi connectivity index (χ1v) is 4.27. The number of benzene rings is 1. The molecule has 0 aliphatic carbocycles. The molecule has 0 saturated heterocycles. The smallest absolute Gasteiger partial charge is 0.337 e. The van der Waals surface area contributed by atoms with Gasteiger partial charge in [0.1, 0.15) is 0 Å². The van der Waals surface area contributed by atoms with E-state index in [1.165, 1.54) is 6.20 Å². The van der Waals surface area contributed by atoms with Crippen molar-refractivity contribution < 1.29 is 9.90 Å². The SMILES string of the molecule is Cc1cccc2cncc(C(=O)O)c12. The number of nitrogens with zero attached hydrogens (tertiary/aromatic N) is 1. The number of aromatic nitrogens is 1. The van der Waals surface area contributed by atoms with E-state index in [9.17, 15) is 4.79 Å². The molecule has 0 unspecified atom stereocenters. The van der Waals surface area contributed by atoms with Crippen LogP contribution in [0.3, 0.4) is 0 Å². The number of aryl methyl sites for hydroxylation is 1. The molecular weight excluding hydrogens is 178 g/mol. The number of aromatic carboxylic acids is 1. The third kappa shape index (κ3) is 1.23. The summed E-state index contributed by atoms with van der Waals surface area (Å²) in [5.41, 5.74) is 1.22. The van der Waals surface area contributed by atoms with E-state index in [0.717, 1.165) is 16.3 Å². The minimum absolute atomic E-state index is 0.264. The van der Waals surface area contributed by atoms with Crippen molar-refractivity contribution in [3.8, 4) is 0 Å². The van der Waals surface area contributed by atoms with Gasteiger partial charge >= 0.3 is 5.97 Å². The number of rotatable bonds is 1. The van der Waals surface area contributed by atoms with Crippen LogP contribution in [0.25, 0.3) is 10.8 Å². The summed E-state index contributed by atoms with van der Waals surface area (Å²) in [7, 11) is 0. The molecule has 1 heterocycles. The van der Waals surface area contributed by atoms with Crippen molar-refractivity contribution in [2.75, 3.05) is 0 Å². The van der Waals surface area contributed by atoms with Crippen LogP contribution in [0.15, 0.2) is 30.6 Å². The summed E-state index contributed by atoms with van der Waals surface area (Å²) in [6.45, 7) is 1.90. The Morgan fingerprint density at radius 3 is 2.86 bits per heavy atom. The number of pyridine rings is 1. The number of fused-ring (bicyclic) bond motifs is 1. The minimum atomic E-state index is -0.933. The van der Waals surface area contributed by atoms with Crippen molar-refractivity contribution in [1.29, 1.82) is 0 Å². The van der Waals surface area contributed by atoms with E-state index in [0.29, 0.717) is 0 Å². The van der Waals surface area contributed by atoms with Gasteiger partial charge in [-0.15, -0.1) is 0 Å². The van der Waals surface area contributed by atoms with E-state index >= 15 is 0 Å². The van der Waals surface area contributed by atoms with Crippen molar-refractivity contribution >= 4 is 16.7 Å². The summed E-state index contributed by atoms with van der Waals surface area (Å²) in [5.74, 6) is -0.933. The highest BCUT2D eigenvalue weighted by atomic mass is 16.4. The van der Waals surface area contributed by atoms with Gasteiger partial charge in [-0.25, -0.2) is 4.79 Å². The molecule has 0 amide bonds. The van der Waals surface area contributed by atoms with Crippen LogP contribution in [0.4, 0.5) is 0 Å². The van der Waals surface area contributed by atoms with E-state index in [4.69, 9.17) is 5.11 Å². The van der Waals surface area contributed by atoms with E-state index in [1.807, 2.05) is 25.1 Å². The van der Waals surface area contributed by atoms with Crippen molar-refractivity contribution in [1.82, 2.24) is 4.98 Å². The van der Waals surface area contributed by atoms with Crippen LogP contribution in [-0.2, 0) is 0 Å². The van der Waals surface area contributed by atoms with Gasteiger partial charge in [0.15, 0.2) is 0 Å². The average Bonchev–Trinajstić information content (AvgIpc) is 2.17. The third-order valence-corrected chi connectivity index (χ3v) is 2.22. The van der Waals surface area contributed by atoms with Crippen LogP contribution in [0.2, 0.25) is 0 Å². The molecule has 2 rings (SSSR count). The minimum Gasteiger partial charge on any atom is -0.478 e. The predicted molar refractivity (Wildman–Crippen MR) is 53.4 cm³/mol. The number of carbonyl (C=O) groups is 1. The lowest BCUT2D eigenvalue weighted by Gasteiger charge is -2.04. The zero-order chi connectivity index (χ0) is 10.1. The molecule has 0 aliphatic heterocycles. The summed E-state index contributed by atoms with van der Waals surface area (Å²) in [6, 6.07) is 5.65. The standard InChI is InChI=1S/C11H9NO2/c1-7-3-2-4-8-5-12-6-9(10(7)8)11(13)14/h2-6H,1H3,(H,13,14). The second-order valence-corrected chi connectivity index (χ2v) is 3.17. The summed E-state index contributed by atoms with van der Waals surface area (Å²) >= 11 is 0. The predicted octanol–water partition coefficient (Wildman–Crippen LogP) is 2.24. The molecule has 1 aromatic heterocycles. The van der Waals surface area contributed by atoms with Gasteiger partial charge in [0, 0.05) is 23.2 Å². The lowest BCUT2D eigenvalue weighted by atomic mass is 10.0. The van der Waals surface area contributed by atoms with Crippen molar-refractivity contribution in [3.05, 3.63) is 41.7 Å². The summed E-state index contributed by atoms with van der Waals surface area (Å²) in [6.07, 6.45) is 3.06. The molecule has 14 heavy (non-hydrogen) atoms. The maximum Gasteiger partial charge on any atom is 0.337 e. The van der Waals surface area contributed by atoms with Gasteiger partial charge in [0.05, 0.1) is 5.56 Å². The average molecular weight is 187 g/mol. The summed E-state index contributed by atoms with van der Waals surface area (Å²) in [4.78, 5) is 14.8. The van der Waals surface area contributed by atoms with Gasteiger partial charge < -0.3 is 5.11 Å². The van der Waals surface area contributed by atoms with Crippen molar-refractivity contribution in [2.24, 2.45) is 0 Å². The van der Waals surface area contributed by atoms with Crippen molar-refractivity contribution in [2.45, 2.75) is 6.92 Å². The van der Waals surface area contributed by atoms with E-state index < -0.39 is 5.97 Å². The largest absolute Gasteiger partial charge is 0.478 e. The molecule has 0 spiro atoms. The fourth-order valence-electron chi connectivity index (χ4n) is 1.58. The Labute approximate surface area is 81.0 Å². The van der Waals surface area contributed by atoms with Gasteiger partial charge in [-0.05, 0) is 12.5 Å². The quantitative estimate of drug-likeness (QED) is 0.744. The van der Waals surface area contributed by atoms with Crippen LogP contribution in [0, 0.1) is 6.92 Å². The molecule has 0 atom stereocenters. The van der Waals surface area contributed by atoms with Gasteiger partial charge in [-0.2, -0.15) is 0 Å². The molecule has 2 aromatic rings. The highest BCUT2D eigenvalue weighted by Crippen LogP contribution is 2.21. The van der Waals surface area contributed by atoms with Crippen LogP contribution < -0.4 is 0 Å². The first-order chi connectivity index (χ1) is 6.70. The van der Waals surface area contributed by atoms with Crippen molar-refractivity contribution in [3.63, 3.8) is 0 Å². The van der Waals surface area contributed by atoms with Gasteiger partial charge in [0.25, 0.3) is 0 Å². The number of hydrogen-bond acceptors (Lipinski definition) is 2. The van der Waals surface area contributed by atoms with Crippen LogP contribution >= 0.6 is 0 Å². The third-order valence-electron chi connectivity index (χ3n) is 2.22. The van der Waals surface area contributed by atoms with E-state index in [2.05, 4.69) is 4.98 Å². The molecule has 0 saturated carbocycles. The van der Waals surface area contributed by atoms with Crippen LogP contribution in [-0.4, -0.2) is 16.1 Å². The Morgan fingerprint density at radius 2 is 2.14 bits per heavy atom. The molecule has 0 bridgehead atoms. The number of carboxylic acid groups (broad SMARTS) is 1. The summed E-state index contributed by atoms with van der Waals surface area (Å²) in [5, 5.41) is 10.6. The Morgan fingerprint density at radius 1 is 1.36 bits per heavy atom. The van der Waals surface area contributed by atoms with Crippen LogP contribution in [0.5, 0.6) is 0 Å². The Balaban J connectivity index is 2.91. The molecule has 70 valence electrons. The highest BCUT2D eigenvalue weighted by Gasteiger charge is 2.09. The molecule has 3 heteroatoms. The van der Waals surface area contributed by atoms with Gasteiger partial charge in [-0.3, -0.25) is 4.98 Å². The molecule has 0 radical (unpaired) electrons. The Bertz CT molecular complexity index is 500. The Hall–Kier alpha value is -1.90. The Kier molecular flexibility index (Phi) is 1.93. The molecule has 0 aliphatic rings. The topological polar surface area (TPSA) is 50.2 Å². The molecule has 3 nitrogen and oxygen atoms in total. The highest BCUT2D eigenvalue weighted by molar-refractivity contribution is 6.04. The fraction of sp³-hybridized carbons (Fsp3) is 0.0909. The first kappa shape index (κ1) is 8.69. The molecular formula is C11H9NO2. The maximum absolute atomic E-state index is 10.9. The zero-order valence-corrected chi connectivity index (χ0v) is 7.69. The van der Waals surface area contributed by atoms with E-state index in [-0.39, 0.29) is 5.56 Å². The molecule has 1 aromatic carbocycles.